The Kier molecular flexibility index (Phi) is 6.55. The van der Waals surface area contributed by atoms with Crippen LogP contribution >= 0.6 is 11.8 Å². The summed E-state index contributed by atoms with van der Waals surface area (Å²) in [5, 5.41) is 12.1. The summed E-state index contributed by atoms with van der Waals surface area (Å²) in [6.07, 6.45) is 0. The summed E-state index contributed by atoms with van der Waals surface area (Å²) in [5.74, 6) is 8.82. The summed E-state index contributed by atoms with van der Waals surface area (Å²) in [4.78, 5) is 12.9. The second-order valence-electron chi connectivity index (χ2n) is 8.55. The molecular formula is C23H27N9OS. The minimum atomic E-state index is 0.0711. The van der Waals surface area contributed by atoms with E-state index in [2.05, 4.69) is 63.4 Å². The van der Waals surface area contributed by atoms with E-state index in [1.165, 1.54) is 22.0 Å². The van der Waals surface area contributed by atoms with E-state index in [0.29, 0.717) is 34.3 Å². The van der Waals surface area contributed by atoms with Crippen LogP contribution < -0.4 is 21.6 Å². The van der Waals surface area contributed by atoms with Crippen molar-refractivity contribution < 1.29 is 4.74 Å². The summed E-state index contributed by atoms with van der Waals surface area (Å²) < 4.78 is 6.82. The summed E-state index contributed by atoms with van der Waals surface area (Å²) >= 11 is 1.36. The number of nitrogens with one attached hydrogen (secondary N) is 1. The molecule has 4 rings (SSSR count). The van der Waals surface area contributed by atoms with E-state index in [1.54, 1.807) is 7.11 Å². The average molecular weight is 478 g/mol. The fourth-order valence-corrected chi connectivity index (χ4v) is 3.96. The molecule has 0 fully saturated rings. The molecule has 2 aromatic heterocycles. The zero-order valence-electron chi connectivity index (χ0n) is 19.5. The first kappa shape index (κ1) is 23.3. The van der Waals surface area contributed by atoms with Gasteiger partial charge in [-0.25, -0.2) is 4.68 Å². The van der Waals surface area contributed by atoms with Gasteiger partial charge in [0.2, 0.25) is 17.1 Å². The molecule has 0 aliphatic carbocycles. The zero-order valence-corrected chi connectivity index (χ0v) is 20.3. The smallest absolute Gasteiger partial charge is 0.232 e. The highest BCUT2D eigenvalue weighted by Crippen LogP contribution is 2.28. The quantitative estimate of drug-likeness (QED) is 0.266. The van der Waals surface area contributed by atoms with Gasteiger partial charge in [0, 0.05) is 5.56 Å². The topological polar surface area (TPSA) is 143 Å². The molecule has 0 radical (unpaired) electrons. The van der Waals surface area contributed by atoms with Crippen LogP contribution in [0.15, 0.2) is 53.7 Å². The normalized spacial score (nSPS) is 11.4. The maximum absolute atomic E-state index is 6.28. The zero-order chi connectivity index (χ0) is 24.3. The molecule has 0 saturated heterocycles. The van der Waals surface area contributed by atoms with Crippen molar-refractivity contribution in [2.24, 2.45) is 0 Å². The lowest BCUT2D eigenvalue weighted by molar-refractivity contribution is 0.417. The van der Waals surface area contributed by atoms with E-state index in [-0.39, 0.29) is 11.4 Å². The highest BCUT2D eigenvalue weighted by Gasteiger charge is 2.17. The molecule has 5 N–H and O–H groups in total. The number of methoxy groups -OCH3 is 1. The predicted octanol–water partition coefficient (Wildman–Crippen LogP) is 3.77. The Balaban J connectivity index is 1.48. The van der Waals surface area contributed by atoms with Gasteiger partial charge in [0.05, 0.1) is 18.6 Å². The van der Waals surface area contributed by atoms with Gasteiger partial charge < -0.3 is 21.6 Å². The summed E-state index contributed by atoms with van der Waals surface area (Å²) in [6.45, 7) is 6.52. The van der Waals surface area contributed by atoms with Crippen molar-refractivity contribution in [1.82, 2.24) is 29.8 Å². The van der Waals surface area contributed by atoms with Crippen molar-refractivity contribution in [2.75, 3.05) is 24.0 Å². The number of nitrogen functional groups attached to an aromatic ring is 2. The molecule has 0 bridgehead atoms. The third-order valence-electron chi connectivity index (χ3n) is 5.06. The number of nitrogens with zero attached hydrogens (tertiary/aromatic N) is 6. The van der Waals surface area contributed by atoms with E-state index in [1.807, 2.05) is 36.4 Å². The number of para-hydroxylation sites is 2. The molecule has 11 heteroatoms. The van der Waals surface area contributed by atoms with Gasteiger partial charge in [0.25, 0.3) is 0 Å². The fraction of sp³-hybridized carbons (Fsp3) is 0.261. The molecule has 0 spiro atoms. The molecule has 0 aliphatic rings. The van der Waals surface area contributed by atoms with Gasteiger partial charge in [-0.2, -0.15) is 15.0 Å². The number of rotatable bonds is 7. The number of anilines is 3. The Labute approximate surface area is 202 Å². The monoisotopic (exact) mass is 477 g/mol. The average Bonchev–Trinajstić information content (AvgIpc) is 3.17. The van der Waals surface area contributed by atoms with Gasteiger partial charge in [-0.15, -0.1) is 10.2 Å². The number of hydrogen-bond donors (Lipinski definition) is 3. The van der Waals surface area contributed by atoms with Crippen molar-refractivity contribution >= 4 is 29.3 Å². The molecule has 0 unspecified atom stereocenters. The maximum atomic E-state index is 6.28. The minimum Gasteiger partial charge on any atom is -0.495 e. The third-order valence-corrected chi connectivity index (χ3v) is 6.00. The molecular weight excluding hydrogens is 450 g/mol. The third kappa shape index (κ3) is 5.20. The summed E-state index contributed by atoms with van der Waals surface area (Å²) in [7, 11) is 1.60. The number of nitrogens with two attached hydrogens (primary N) is 2. The first-order valence-corrected chi connectivity index (χ1v) is 11.6. The van der Waals surface area contributed by atoms with E-state index in [9.17, 15) is 0 Å². The second-order valence-corrected chi connectivity index (χ2v) is 9.49. The number of aromatic nitrogens is 6. The van der Waals surface area contributed by atoms with Crippen molar-refractivity contribution in [3.05, 3.63) is 59.9 Å². The fourth-order valence-electron chi connectivity index (χ4n) is 3.25. The van der Waals surface area contributed by atoms with Crippen LogP contribution in [-0.2, 0) is 11.2 Å². The van der Waals surface area contributed by atoms with Crippen molar-refractivity contribution in [1.29, 1.82) is 0 Å². The van der Waals surface area contributed by atoms with Crippen LogP contribution in [0.2, 0.25) is 0 Å². The molecule has 34 heavy (non-hydrogen) atoms. The lowest BCUT2D eigenvalue weighted by Gasteiger charge is -2.19. The van der Waals surface area contributed by atoms with Crippen LogP contribution in [0, 0.1) is 0 Å². The molecule has 0 atom stereocenters. The van der Waals surface area contributed by atoms with Crippen molar-refractivity contribution in [3.63, 3.8) is 0 Å². The Hall–Kier alpha value is -3.86. The number of hydrogen-bond acceptors (Lipinski definition) is 10. The Morgan fingerprint density at radius 1 is 1.00 bits per heavy atom. The van der Waals surface area contributed by atoms with Gasteiger partial charge in [-0.3, -0.25) is 0 Å². The van der Waals surface area contributed by atoms with Crippen molar-refractivity contribution in [3.8, 4) is 17.1 Å². The first-order chi connectivity index (χ1) is 16.2. The maximum Gasteiger partial charge on any atom is 0.232 e. The largest absolute Gasteiger partial charge is 0.495 e. The molecule has 2 aromatic carbocycles. The van der Waals surface area contributed by atoms with E-state index >= 15 is 0 Å². The highest BCUT2D eigenvalue weighted by molar-refractivity contribution is 7.98. The minimum absolute atomic E-state index is 0.0711. The van der Waals surface area contributed by atoms with Gasteiger partial charge in [-0.05, 0) is 23.1 Å². The molecule has 0 saturated carbocycles. The Bertz CT molecular complexity index is 1280. The highest BCUT2D eigenvalue weighted by atomic mass is 32.2. The lowest BCUT2D eigenvalue weighted by atomic mass is 9.87. The van der Waals surface area contributed by atoms with Crippen molar-refractivity contribution in [2.45, 2.75) is 37.1 Å². The number of benzene rings is 2. The standard InChI is InChI=1S/C23H27N9OS/c1-23(2,3)15-11-9-14(10-12-15)19-30-31-22(32(19)25)34-13-18-27-20(24)29-21(28-18)26-16-7-5-6-8-17(16)33-4/h5-12H,13,25H2,1-4H3,(H3,24,26,27,28,29). The molecule has 10 nitrogen and oxygen atoms in total. The Morgan fingerprint density at radius 2 is 1.74 bits per heavy atom. The first-order valence-electron chi connectivity index (χ1n) is 10.6. The number of thioether (sulfide) groups is 1. The Morgan fingerprint density at radius 3 is 2.44 bits per heavy atom. The molecule has 0 aliphatic heterocycles. The van der Waals surface area contributed by atoms with Crippen LogP contribution in [0.4, 0.5) is 17.6 Å². The molecule has 2 heterocycles. The lowest BCUT2D eigenvalue weighted by Crippen LogP contribution is -2.13. The van der Waals surface area contributed by atoms with Crippen LogP contribution in [0.3, 0.4) is 0 Å². The van der Waals surface area contributed by atoms with Gasteiger partial charge in [-0.1, -0.05) is 68.9 Å². The SMILES string of the molecule is COc1ccccc1Nc1nc(N)nc(CSc2nnc(-c3ccc(C(C)(C)C)cc3)n2N)n1. The van der Waals surface area contributed by atoms with Gasteiger partial charge in [0.15, 0.2) is 5.82 Å². The van der Waals surface area contributed by atoms with E-state index in [0.717, 1.165) is 11.3 Å². The molecule has 4 aromatic rings. The second kappa shape index (κ2) is 9.56. The van der Waals surface area contributed by atoms with Gasteiger partial charge >= 0.3 is 0 Å². The molecule has 0 amide bonds. The summed E-state index contributed by atoms with van der Waals surface area (Å²) in [6, 6.07) is 15.6. The predicted molar refractivity (Wildman–Crippen MR) is 134 cm³/mol. The molecule has 176 valence electrons. The van der Waals surface area contributed by atoms with E-state index < -0.39 is 0 Å². The van der Waals surface area contributed by atoms with Crippen LogP contribution in [0.1, 0.15) is 32.2 Å². The summed E-state index contributed by atoms with van der Waals surface area (Å²) in [5.41, 5.74) is 8.82. The van der Waals surface area contributed by atoms with Crippen LogP contribution in [0.25, 0.3) is 11.4 Å². The number of ether oxygens (including phenoxy) is 1. The van der Waals surface area contributed by atoms with Crippen LogP contribution in [0.5, 0.6) is 5.75 Å². The van der Waals surface area contributed by atoms with Crippen LogP contribution in [-0.4, -0.2) is 36.9 Å². The van der Waals surface area contributed by atoms with Gasteiger partial charge in [0.1, 0.15) is 11.6 Å². The van der Waals surface area contributed by atoms with E-state index in [4.69, 9.17) is 16.3 Å².